The Bertz CT molecular complexity index is 1390. The van der Waals surface area contributed by atoms with E-state index in [9.17, 15) is 18.0 Å². The molecule has 0 radical (unpaired) electrons. The van der Waals surface area contributed by atoms with Crippen molar-refractivity contribution in [3.8, 4) is 0 Å². The summed E-state index contributed by atoms with van der Waals surface area (Å²) in [4.78, 5) is 26.5. The Morgan fingerprint density at radius 3 is 2.24 bits per heavy atom. The first-order chi connectivity index (χ1) is 17.7. The van der Waals surface area contributed by atoms with Crippen LogP contribution in [0.3, 0.4) is 0 Å². The molecule has 1 heterocycles. The number of hydrogen-bond donors (Lipinski definition) is 0. The predicted molar refractivity (Wildman–Crippen MR) is 142 cm³/mol. The fourth-order valence-corrected chi connectivity index (χ4v) is 7.33. The molecule has 198 valence electrons. The van der Waals surface area contributed by atoms with Gasteiger partial charge in [-0.15, -0.1) is 0 Å². The van der Waals surface area contributed by atoms with Gasteiger partial charge in [-0.2, -0.15) is 0 Å². The number of rotatable bonds is 9. The number of fused-ring (bicyclic) bond motifs is 3. The van der Waals surface area contributed by atoms with E-state index in [-0.39, 0.29) is 23.7 Å². The second-order valence-electron chi connectivity index (χ2n) is 9.96. The second-order valence-corrected chi connectivity index (χ2v) is 11.7. The molecule has 8 heteroatoms. The van der Waals surface area contributed by atoms with Gasteiger partial charge in [0.2, 0.25) is 0 Å². The van der Waals surface area contributed by atoms with Crippen molar-refractivity contribution < 1.29 is 27.5 Å². The number of aryl methyl sites for hydroxylation is 1. The maximum Gasteiger partial charge on any atom is 0.323 e. The summed E-state index contributed by atoms with van der Waals surface area (Å²) in [5.41, 5.74) is 1.31. The van der Waals surface area contributed by atoms with Gasteiger partial charge in [-0.05, 0) is 43.5 Å². The minimum absolute atomic E-state index is 0.0179. The molecule has 4 rings (SSSR count). The molecule has 0 saturated heterocycles. The summed E-state index contributed by atoms with van der Waals surface area (Å²) in [7, 11) is -1.42. The lowest BCUT2D eigenvalue weighted by Crippen LogP contribution is -2.47. The van der Waals surface area contributed by atoms with Gasteiger partial charge in [0.15, 0.2) is 5.41 Å². The van der Waals surface area contributed by atoms with Crippen LogP contribution in [0.1, 0.15) is 68.2 Å². The highest BCUT2D eigenvalue weighted by atomic mass is 32.2. The molecule has 1 aliphatic carbocycles. The van der Waals surface area contributed by atoms with Crippen LogP contribution < -0.4 is 0 Å². The number of carbonyl (C=O) groups is 2. The van der Waals surface area contributed by atoms with Gasteiger partial charge >= 0.3 is 11.9 Å². The van der Waals surface area contributed by atoms with E-state index in [0.29, 0.717) is 28.6 Å². The van der Waals surface area contributed by atoms with Crippen molar-refractivity contribution in [2.24, 2.45) is 5.41 Å². The summed E-state index contributed by atoms with van der Waals surface area (Å²) in [6.45, 7) is 4.04. The fourth-order valence-electron chi connectivity index (χ4n) is 5.70. The first-order valence-electron chi connectivity index (χ1n) is 12.8. The van der Waals surface area contributed by atoms with E-state index in [0.717, 1.165) is 31.2 Å². The normalized spacial score (nSPS) is 16.8. The zero-order chi connectivity index (χ0) is 26.8. The molecule has 0 saturated carbocycles. The van der Waals surface area contributed by atoms with Crippen LogP contribution in [0.2, 0.25) is 0 Å². The van der Waals surface area contributed by atoms with E-state index in [4.69, 9.17) is 9.47 Å². The number of aromatic nitrogens is 1. The van der Waals surface area contributed by atoms with Gasteiger partial charge in [-0.1, -0.05) is 68.5 Å². The standard InChI is InChI=1S/C29H35NO6S/c1-5-6-7-8-11-21-18-29(27(31)35-3,28(32)36-4)19-24-23-12-9-10-13-25(23)30(26(21)24)37(33,34)22-16-14-20(2)15-17-22/h9-10,12-17,21H,5-8,11,18-19H2,1-4H3. The van der Waals surface area contributed by atoms with Gasteiger partial charge in [-0.25, -0.2) is 12.4 Å². The van der Waals surface area contributed by atoms with Crippen molar-refractivity contribution in [3.05, 3.63) is 65.4 Å². The molecule has 0 N–H and O–H groups in total. The van der Waals surface area contributed by atoms with Crippen molar-refractivity contribution in [1.82, 2.24) is 3.97 Å². The van der Waals surface area contributed by atoms with Crippen LogP contribution in [-0.4, -0.2) is 38.5 Å². The van der Waals surface area contributed by atoms with E-state index in [1.165, 1.54) is 18.2 Å². The number of esters is 2. The highest BCUT2D eigenvalue weighted by Crippen LogP contribution is 2.50. The second kappa shape index (κ2) is 10.7. The van der Waals surface area contributed by atoms with Gasteiger partial charge in [0, 0.05) is 23.4 Å². The number of ether oxygens (including phenoxy) is 2. The number of nitrogens with zero attached hydrogens (tertiary/aromatic N) is 1. The average Bonchev–Trinajstić information content (AvgIpc) is 3.25. The van der Waals surface area contributed by atoms with Gasteiger partial charge < -0.3 is 9.47 Å². The lowest BCUT2D eigenvalue weighted by Gasteiger charge is -2.37. The Kier molecular flexibility index (Phi) is 7.78. The zero-order valence-electron chi connectivity index (χ0n) is 22.0. The quantitative estimate of drug-likeness (QED) is 0.208. The van der Waals surface area contributed by atoms with E-state index in [1.807, 2.05) is 19.1 Å². The number of carbonyl (C=O) groups excluding carboxylic acids is 2. The number of methoxy groups -OCH3 is 2. The van der Waals surface area contributed by atoms with E-state index < -0.39 is 27.4 Å². The summed E-state index contributed by atoms with van der Waals surface area (Å²) >= 11 is 0. The molecule has 2 aromatic carbocycles. The summed E-state index contributed by atoms with van der Waals surface area (Å²) in [5.74, 6) is -1.66. The third-order valence-electron chi connectivity index (χ3n) is 7.55. The van der Waals surface area contributed by atoms with Crippen LogP contribution in [0.4, 0.5) is 0 Å². The topological polar surface area (TPSA) is 91.7 Å². The SMILES string of the molecule is CCCCCCC1CC(C(=O)OC)(C(=O)OC)Cc2c1n(S(=O)(=O)c1ccc(C)cc1)c1ccccc21. The number of unbranched alkanes of at least 4 members (excludes halogenated alkanes) is 3. The van der Waals surface area contributed by atoms with Gasteiger partial charge in [-0.3, -0.25) is 9.59 Å². The smallest absolute Gasteiger partial charge is 0.323 e. The molecule has 1 aromatic heterocycles. The third kappa shape index (κ3) is 4.67. The first-order valence-corrected chi connectivity index (χ1v) is 14.3. The van der Waals surface area contributed by atoms with Crippen molar-refractivity contribution in [3.63, 3.8) is 0 Å². The molecule has 37 heavy (non-hydrogen) atoms. The van der Waals surface area contributed by atoms with E-state index in [1.54, 1.807) is 36.4 Å². The average molecular weight is 526 g/mol. The molecule has 1 unspecified atom stereocenters. The molecule has 3 aromatic rings. The lowest BCUT2D eigenvalue weighted by molar-refractivity contribution is -0.170. The van der Waals surface area contributed by atoms with Crippen molar-refractivity contribution in [2.45, 2.75) is 69.6 Å². The highest BCUT2D eigenvalue weighted by Gasteiger charge is 2.54. The Labute approximate surface area is 218 Å². The molecule has 1 atom stereocenters. The van der Waals surface area contributed by atoms with Crippen LogP contribution in [0.15, 0.2) is 53.4 Å². The largest absolute Gasteiger partial charge is 0.468 e. The third-order valence-corrected chi connectivity index (χ3v) is 9.30. The molecule has 1 aliphatic rings. The first kappa shape index (κ1) is 26.9. The monoisotopic (exact) mass is 525 g/mol. The van der Waals surface area contributed by atoms with Crippen LogP contribution in [0.5, 0.6) is 0 Å². The lowest BCUT2D eigenvalue weighted by atomic mass is 9.67. The predicted octanol–water partition coefficient (Wildman–Crippen LogP) is 5.52. The van der Waals surface area contributed by atoms with Crippen LogP contribution in [0.25, 0.3) is 10.9 Å². The van der Waals surface area contributed by atoms with Crippen molar-refractivity contribution >= 4 is 32.9 Å². The molecule has 0 bridgehead atoms. The van der Waals surface area contributed by atoms with Crippen molar-refractivity contribution in [1.29, 1.82) is 0 Å². The molecular formula is C29H35NO6S. The maximum atomic E-state index is 14.1. The Hall–Kier alpha value is -3.13. The van der Waals surface area contributed by atoms with Crippen LogP contribution in [0, 0.1) is 12.3 Å². The maximum absolute atomic E-state index is 14.1. The molecule has 0 fully saturated rings. The highest BCUT2D eigenvalue weighted by molar-refractivity contribution is 7.90. The molecule has 0 amide bonds. The summed E-state index contributed by atoms with van der Waals surface area (Å²) in [6, 6.07) is 14.1. The van der Waals surface area contributed by atoms with Crippen LogP contribution >= 0.6 is 0 Å². The fraction of sp³-hybridized carbons (Fsp3) is 0.448. The Morgan fingerprint density at radius 2 is 1.62 bits per heavy atom. The molecular weight excluding hydrogens is 490 g/mol. The molecule has 0 spiro atoms. The minimum atomic E-state index is -3.95. The number of para-hydroxylation sites is 1. The minimum Gasteiger partial charge on any atom is -0.468 e. The van der Waals surface area contributed by atoms with Gasteiger partial charge in [0.1, 0.15) is 0 Å². The zero-order valence-corrected chi connectivity index (χ0v) is 22.8. The number of hydrogen-bond acceptors (Lipinski definition) is 6. The van der Waals surface area contributed by atoms with Crippen molar-refractivity contribution in [2.75, 3.05) is 14.2 Å². The molecule has 0 aliphatic heterocycles. The van der Waals surface area contributed by atoms with E-state index >= 15 is 0 Å². The molecule has 7 nitrogen and oxygen atoms in total. The Morgan fingerprint density at radius 1 is 0.973 bits per heavy atom. The summed E-state index contributed by atoms with van der Waals surface area (Å²) < 4.78 is 40.0. The van der Waals surface area contributed by atoms with Crippen LogP contribution in [-0.2, 0) is 35.5 Å². The summed E-state index contributed by atoms with van der Waals surface area (Å²) in [5, 5.41) is 0.712. The summed E-state index contributed by atoms with van der Waals surface area (Å²) in [6.07, 6.45) is 4.74. The number of benzene rings is 2. The van der Waals surface area contributed by atoms with E-state index in [2.05, 4.69) is 6.92 Å². The Balaban J connectivity index is 1.99. The van der Waals surface area contributed by atoms with Gasteiger partial charge in [0.05, 0.1) is 24.6 Å². The van der Waals surface area contributed by atoms with Gasteiger partial charge in [0.25, 0.3) is 10.0 Å².